The number of nitrogens with zero attached hydrogens (tertiary/aromatic N) is 2. The molecule has 1 saturated heterocycles. The summed E-state index contributed by atoms with van der Waals surface area (Å²) in [5, 5.41) is 9.46. The number of hydrogen-bond donors (Lipinski definition) is 0. The molecule has 5 nitrogen and oxygen atoms in total. The molecule has 0 N–H and O–H groups in total. The van der Waals surface area contributed by atoms with E-state index in [1.165, 1.54) is 16.7 Å². The van der Waals surface area contributed by atoms with Crippen molar-refractivity contribution in [3.8, 4) is 6.07 Å². The number of carbonyl (C=O) groups excluding carboxylic acids is 2. The maximum absolute atomic E-state index is 13.3. The molecule has 0 bridgehead atoms. The highest BCUT2D eigenvalue weighted by Gasteiger charge is 2.41. The Labute approximate surface area is 190 Å². The van der Waals surface area contributed by atoms with Crippen molar-refractivity contribution in [2.45, 2.75) is 18.6 Å². The van der Waals surface area contributed by atoms with E-state index in [1.54, 1.807) is 19.1 Å². The molecule has 2 aromatic rings. The number of esters is 1. The van der Waals surface area contributed by atoms with Crippen molar-refractivity contribution >= 4 is 61.2 Å². The van der Waals surface area contributed by atoms with Crippen LogP contribution < -0.4 is 4.90 Å². The van der Waals surface area contributed by atoms with Gasteiger partial charge in [0.2, 0.25) is 5.91 Å². The minimum atomic E-state index is -0.726. The number of thioether (sulfide) groups is 1. The fraction of sp³-hybridized carbons (Fsp3) is 0.190. The number of rotatable bonds is 5. The first-order chi connectivity index (χ1) is 13.9. The highest BCUT2D eigenvalue weighted by Crippen LogP contribution is 2.42. The van der Waals surface area contributed by atoms with Crippen LogP contribution in [0.1, 0.15) is 12.5 Å². The molecule has 8 heteroatoms. The molecule has 0 radical (unpaired) electrons. The van der Waals surface area contributed by atoms with Gasteiger partial charge in [-0.15, -0.1) is 0 Å². The monoisotopic (exact) mass is 534 g/mol. The average molecular weight is 536 g/mol. The van der Waals surface area contributed by atoms with Crippen molar-refractivity contribution < 1.29 is 14.3 Å². The second kappa shape index (κ2) is 9.61. The van der Waals surface area contributed by atoms with Crippen molar-refractivity contribution in [1.29, 1.82) is 5.26 Å². The standard InChI is InChI=1S/C21H16Br2N2O3S/c1-2-28-21(27)17(12-24)20-25(16-8-6-14(22)7-9-16)19(26)18(29-20)11-13-4-3-5-15(23)10-13/h3-10,18H,2,11H2,1H3/b20-17-. The number of anilines is 1. The zero-order valence-corrected chi connectivity index (χ0v) is 19.4. The van der Waals surface area contributed by atoms with E-state index in [1.807, 2.05) is 42.5 Å². The van der Waals surface area contributed by atoms with Gasteiger partial charge in [0.15, 0.2) is 5.57 Å². The number of hydrogen-bond acceptors (Lipinski definition) is 5. The van der Waals surface area contributed by atoms with Gasteiger partial charge in [-0.2, -0.15) is 5.26 Å². The molecule has 1 aliphatic heterocycles. The predicted octanol–water partition coefficient (Wildman–Crippen LogP) is 5.20. The van der Waals surface area contributed by atoms with Crippen LogP contribution in [-0.4, -0.2) is 23.7 Å². The van der Waals surface area contributed by atoms with Crippen molar-refractivity contribution in [3.63, 3.8) is 0 Å². The third-order valence-corrected chi connectivity index (χ3v) is 6.44. The molecular formula is C21H16Br2N2O3S. The highest BCUT2D eigenvalue weighted by atomic mass is 79.9. The molecule has 0 saturated carbocycles. The zero-order chi connectivity index (χ0) is 21.0. The van der Waals surface area contributed by atoms with E-state index >= 15 is 0 Å². The van der Waals surface area contributed by atoms with Crippen molar-refractivity contribution in [3.05, 3.63) is 73.6 Å². The maximum Gasteiger partial charge on any atom is 0.351 e. The number of halogens is 2. The molecule has 1 amide bonds. The van der Waals surface area contributed by atoms with Crippen LogP contribution >= 0.6 is 43.6 Å². The topological polar surface area (TPSA) is 70.4 Å². The van der Waals surface area contributed by atoms with E-state index in [0.29, 0.717) is 17.1 Å². The fourth-order valence-electron chi connectivity index (χ4n) is 2.88. The summed E-state index contributed by atoms with van der Waals surface area (Å²) in [6, 6.07) is 16.8. The normalized spacial score (nSPS) is 17.8. The maximum atomic E-state index is 13.3. The minimum Gasteiger partial charge on any atom is -0.462 e. The molecule has 2 aromatic carbocycles. The Morgan fingerprint density at radius 1 is 1.21 bits per heavy atom. The molecule has 1 fully saturated rings. The van der Waals surface area contributed by atoms with Crippen LogP contribution in [0.3, 0.4) is 0 Å². The molecule has 1 atom stereocenters. The van der Waals surface area contributed by atoms with Crippen LogP contribution in [0.15, 0.2) is 68.1 Å². The van der Waals surface area contributed by atoms with Crippen LogP contribution in [0.2, 0.25) is 0 Å². The van der Waals surface area contributed by atoms with Gasteiger partial charge in [-0.3, -0.25) is 9.69 Å². The highest BCUT2D eigenvalue weighted by molar-refractivity contribution is 9.10. The van der Waals surface area contributed by atoms with Gasteiger partial charge in [0.05, 0.1) is 11.9 Å². The third kappa shape index (κ3) is 4.92. The molecule has 1 aliphatic rings. The van der Waals surface area contributed by atoms with Crippen LogP contribution in [0.5, 0.6) is 0 Å². The number of ether oxygens (including phenoxy) is 1. The Hall–Kier alpha value is -2.08. The van der Waals surface area contributed by atoms with E-state index in [2.05, 4.69) is 31.9 Å². The predicted molar refractivity (Wildman–Crippen MR) is 120 cm³/mol. The second-order valence-electron chi connectivity index (χ2n) is 6.10. The number of nitriles is 1. The van der Waals surface area contributed by atoms with Gasteiger partial charge < -0.3 is 4.74 Å². The van der Waals surface area contributed by atoms with E-state index in [-0.39, 0.29) is 18.1 Å². The van der Waals surface area contributed by atoms with Gasteiger partial charge in [0, 0.05) is 14.6 Å². The molecule has 0 aliphatic carbocycles. The second-order valence-corrected chi connectivity index (χ2v) is 9.13. The zero-order valence-electron chi connectivity index (χ0n) is 15.4. The lowest BCUT2D eigenvalue weighted by Gasteiger charge is -2.18. The molecule has 1 unspecified atom stereocenters. The fourth-order valence-corrected chi connectivity index (χ4v) is 4.89. The molecule has 0 spiro atoms. The Balaban J connectivity index is 2.03. The Bertz CT molecular complexity index is 1020. The SMILES string of the molecule is CCOC(=O)/C(C#N)=C1\SC(Cc2cccc(Br)c2)C(=O)N1c1ccc(Br)cc1. The molecule has 29 heavy (non-hydrogen) atoms. The number of benzene rings is 2. The molecule has 1 heterocycles. The molecule has 0 aromatic heterocycles. The minimum absolute atomic E-state index is 0.148. The Kier molecular flexibility index (Phi) is 7.17. The summed E-state index contributed by atoms with van der Waals surface area (Å²) in [6.45, 7) is 1.82. The number of amides is 1. The average Bonchev–Trinajstić information content (AvgIpc) is 2.99. The lowest BCUT2D eigenvalue weighted by Crippen LogP contribution is -2.30. The van der Waals surface area contributed by atoms with Gasteiger partial charge in [0.1, 0.15) is 11.1 Å². The lowest BCUT2D eigenvalue weighted by atomic mass is 10.1. The first-order valence-corrected chi connectivity index (χ1v) is 11.2. The summed E-state index contributed by atoms with van der Waals surface area (Å²) in [6.07, 6.45) is 0.473. The van der Waals surface area contributed by atoms with Gasteiger partial charge in [-0.05, 0) is 55.3 Å². The first-order valence-electron chi connectivity index (χ1n) is 8.76. The van der Waals surface area contributed by atoms with Gasteiger partial charge in [-0.25, -0.2) is 4.79 Å². The van der Waals surface area contributed by atoms with Crippen LogP contribution in [0.4, 0.5) is 5.69 Å². The summed E-state index contributed by atoms with van der Waals surface area (Å²) >= 11 is 8.05. The van der Waals surface area contributed by atoms with E-state index in [4.69, 9.17) is 4.74 Å². The Morgan fingerprint density at radius 2 is 1.93 bits per heavy atom. The summed E-state index contributed by atoms with van der Waals surface area (Å²) in [7, 11) is 0. The smallest absolute Gasteiger partial charge is 0.351 e. The van der Waals surface area contributed by atoms with E-state index in [0.717, 1.165) is 14.5 Å². The molecule has 3 rings (SSSR count). The van der Waals surface area contributed by atoms with Crippen molar-refractivity contribution in [2.24, 2.45) is 0 Å². The summed E-state index contributed by atoms with van der Waals surface area (Å²) in [5.74, 6) is -0.903. The van der Waals surface area contributed by atoms with Crippen LogP contribution in [0, 0.1) is 11.3 Å². The van der Waals surface area contributed by atoms with Crippen LogP contribution in [0.25, 0.3) is 0 Å². The Morgan fingerprint density at radius 3 is 2.55 bits per heavy atom. The van der Waals surface area contributed by atoms with Gasteiger partial charge in [-0.1, -0.05) is 55.8 Å². The molecule has 148 valence electrons. The van der Waals surface area contributed by atoms with Crippen molar-refractivity contribution in [1.82, 2.24) is 0 Å². The van der Waals surface area contributed by atoms with Gasteiger partial charge >= 0.3 is 5.97 Å². The largest absolute Gasteiger partial charge is 0.462 e. The van der Waals surface area contributed by atoms with E-state index in [9.17, 15) is 14.9 Å². The third-order valence-electron chi connectivity index (χ3n) is 4.15. The quantitative estimate of drug-likeness (QED) is 0.299. The number of carbonyl (C=O) groups is 2. The first kappa shape index (κ1) is 21.6. The molecular weight excluding hydrogens is 520 g/mol. The van der Waals surface area contributed by atoms with Crippen LogP contribution in [-0.2, 0) is 20.7 Å². The summed E-state index contributed by atoms with van der Waals surface area (Å²) in [4.78, 5) is 27.1. The lowest BCUT2D eigenvalue weighted by molar-refractivity contribution is -0.138. The van der Waals surface area contributed by atoms with E-state index < -0.39 is 11.2 Å². The summed E-state index contributed by atoms with van der Waals surface area (Å²) < 4.78 is 6.82. The van der Waals surface area contributed by atoms with Gasteiger partial charge in [0.25, 0.3) is 0 Å². The summed E-state index contributed by atoms with van der Waals surface area (Å²) in [5.41, 5.74) is 1.41. The van der Waals surface area contributed by atoms with Crippen molar-refractivity contribution in [2.75, 3.05) is 11.5 Å².